The number of carbonyl (C=O) groups excluding carboxylic acids is 2. The second-order valence-corrected chi connectivity index (χ2v) is 4.92. The molecule has 0 spiro atoms. The number of hydrogen-bond donors (Lipinski definition) is 1. The molecule has 2 amide bonds. The average molecular weight is 291 g/mol. The molecule has 21 heavy (non-hydrogen) atoms. The molecule has 1 saturated heterocycles. The molecule has 2 rings (SSSR count). The Morgan fingerprint density at radius 2 is 1.95 bits per heavy atom. The third-order valence-corrected chi connectivity index (χ3v) is 3.64. The van der Waals surface area contributed by atoms with E-state index in [0.717, 1.165) is 32.7 Å². The maximum absolute atomic E-state index is 12.2. The monoisotopic (exact) mass is 291 g/mol. The fourth-order valence-electron chi connectivity index (χ4n) is 2.31. The van der Waals surface area contributed by atoms with Crippen LogP contribution in [0.15, 0.2) is 24.3 Å². The summed E-state index contributed by atoms with van der Waals surface area (Å²) in [6.45, 7) is 6.36. The minimum Gasteiger partial charge on any atom is -0.465 e. The molecule has 0 radical (unpaired) electrons. The van der Waals surface area contributed by atoms with E-state index >= 15 is 0 Å². The maximum atomic E-state index is 12.2. The highest BCUT2D eigenvalue weighted by molar-refractivity contribution is 5.93. The van der Waals surface area contributed by atoms with Crippen LogP contribution < -0.4 is 5.32 Å². The summed E-state index contributed by atoms with van der Waals surface area (Å²) in [5, 5.41) is 2.82. The predicted octanol–water partition coefficient (Wildman–Crippen LogP) is 1.64. The van der Waals surface area contributed by atoms with Crippen LogP contribution in [0, 0.1) is 0 Å². The quantitative estimate of drug-likeness (QED) is 0.860. The van der Waals surface area contributed by atoms with Crippen LogP contribution in [0.25, 0.3) is 0 Å². The maximum Gasteiger partial charge on any atom is 0.337 e. The van der Waals surface area contributed by atoms with Crippen LogP contribution in [0.4, 0.5) is 10.5 Å². The zero-order chi connectivity index (χ0) is 15.2. The smallest absolute Gasteiger partial charge is 0.337 e. The number of benzene rings is 1. The summed E-state index contributed by atoms with van der Waals surface area (Å²) < 4.78 is 4.67. The Labute approximate surface area is 124 Å². The van der Waals surface area contributed by atoms with Crippen molar-refractivity contribution in [2.75, 3.05) is 45.2 Å². The molecule has 0 unspecified atom stereocenters. The summed E-state index contributed by atoms with van der Waals surface area (Å²) in [5.41, 5.74) is 1.02. The van der Waals surface area contributed by atoms with Crippen molar-refractivity contribution in [3.05, 3.63) is 29.8 Å². The molecule has 6 heteroatoms. The Hall–Kier alpha value is -2.08. The van der Waals surface area contributed by atoms with Crippen LogP contribution in [-0.2, 0) is 4.74 Å². The second-order valence-electron chi connectivity index (χ2n) is 4.92. The number of carbonyl (C=O) groups is 2. The second kappa shape index (κ2) is 7.08. The summed E-state index contributed by atoms with van der Waals surface area (Å²) in [4.78, 5) is 27.8. The number of hydrogen-bond acceptors (Lipinski definition) is 4. The lowest BCUT2D eigenvalue weighted by molar-refractivity contribution is 0.0600. The van der Waals surface area contributed by atoms with E-state index in [1.165, 1.54) is 7.11 Å². The van der Waals surface area contributed by atoms with E-state index in [4.69, 9.17) is 0 Å². The van der Waals surface area contributed by atoms with Crippen molar-refractivity contribution in [1.82, 2.24) is 9.80 Å². The lowest BCUT2D eigenvalue weighted by atomic mass is 10.2. The highest BCUT2D eigenvalue weighted by Gasteiger charge is 2.20. The molecule has 1 aliphatic heterocycles. The molecular weight excluding hydrogens is 270 g/mol. The van der Waals surface area contributed by atoms with E-state index < -0.39 is 5.97 Å². The van der Waals surface area contributed by atoms with Crippen molar-refractivity contribution >= 4 is 17.7 Å². The number of methoxy groups -OCH3 is 1. The highest BCUT2D eigenvalue weighted by Crippen LogP contribution is 2.13. The minimum absolute atomic E-state index is 0.132. The zero-order valence-corrected chi connectivity index (χ0v) is 12.5. The number of nitrogens with zero attached hydrogens (tertiary/aromatic N) is 2. The third kappa shape index (κ3) is 3.95. The van der Waals surface area contributed by atoms with E-state index in [1.807, 2.05) is 0 Å². The molecule has 1 fully saturated rings. The van der Waals surface area contributed by atoms with Gasteiger partial charge in [-0.2, -0.15) is 0 Å². The number of ether oxygens (including phenoxy) is 1. The highest BCUT2D eigenvalue weighted by atomic mass is 16.5. The Morgan fingerprint density at radius 1 is 1.24 bits per heavy atom. The summed E-state index contributed by atoms with van der Waals surface area (Å²) >= 11 is 0. The van der Waals surface area contributed by atoms with Crippen molar-refractivity contribution in [2.45, 2.75) is 6.92 Å². The van der Waals surface area contributed by atoms with Gasteiger partial charge in [-0.05, 0) is 24.7 Å². The molecule has 0 bridgehead atoms. The van der Waals surface area contributed by atoms with E-state index in [9.17, 15) is 9.59 Å². The Bertz CT molecular complexity index is 511. The van der Waals surface area contributed by atoms with Gasteiger partial charge in [0.25, 0.3) is 0 Å². The normalized spacial score (nSPS) is 15.6. The van der Waals surface area contributed by atoms with Gasteiger partial charge < -0.3 is 19.9 Å². The molecule has 1 aromatic rings. The van der Waals surface area contributed by atoms with E-state index in [2.05, 4.69) is 21.9 Å². The third-order valence-electron chi connectivity index (χ3n) is 3.64. The number of anilines is 1. The fraction of sp³-hybridized carbons (Fsp3) is 0.467. The van der Waals surface area contributed by atoms with Gasteiger partial charge in [0.15, 0.2) is 0 Å². The van der Waals surface area contributed by atoms with Crippen molar-refractivity contribution in [3.8, 4) is 0 Å². The fourth-order valence-corrected chi connectivity index (χ4v) is 2.31. The zero-order valence-electron chi connectivity index (χ0n) is 12.5. The van der Waals surface area contributed by atoms with Gasteiger partial charge in [0.05, 0.1) is 12.7 Å². The van der Waals surface area contributed by atoms with E-state index in [0.29, 0.717) is 11.3 Å². The van der Waals surface area contributed by atoms with Gasteiger partial charge in [-0.3, -0.25) is 0 Å². The van der Waals surface area contributed by atoms with Gasteiger partial charge in [-0.1, -0.05) is 13.0 Å². The molecule has 1 aromatic carbocycles. The molecule has 0 aliphatic carbocycles. The summed E-state index contributed by atoms with van der Waals surface area (Å²) in [6, 6.07) is 6.62. The molecular formula is C15H21N3O3. The van der Waals surface area contributed by atoms with Crippen LogP contribution in [0.1, 0.15) is 17.3 Å². The molecule has 1 heterocycles. The first kappa shape index (κ1) is 15.3. The van der Waals surface area contributed by atoms with Gasteiger partial charge in [0.1, 0.15) is 0 Å². The molecule has 0 saturated carbocycles. The van der Waals surface area contributed by atoms with Gasteiger partial charge in [0.2, 0.25) is 0 Å². The lowest BCUT2D eigenvalue weighted by Gasteiger charge is -2.34. The minimum atomic E-state index is -0.414. The summed E-state index contributed by atoms with van der Waals surface area (Å²) in [7, 11) is 1.33. The van der Waals surface area contributed by atoms with E-state index in [1.54, 1.807) is 29.2 Å². The largest absolute Gasteiger partial charge is 0.465 e. The molecule has 1 N–H and O–H groups in total. The van der Waals surface area contributed by atoms with Crippen LogP contribution in [0.5, 0.6) is 0 Å². The Kier molecular flexibility index (Phi) is 5.16. The number of nitrogens with one attached hydrogen (secondary N) is 1. The van der Waals surface area contributed by atoms with Gasteiger partial charge >= 0.3 is 12.0 Å². The van der Waals surface area contributed by atoms with Gasteiger partial charge in [-0.15, -0.1) is 0 Å². The molecule has 114 valence electrons. The number of piperazine rings is 1. The summed E-state index contributed by atoms with van der Waals surface area (Å²) in [5.74, 6) is -0.414. The average Bonchev–Trinajstić information content (AvgIpc) is 2.54. The van der Waals surface area contributed by atoms with Crippen LogP contribution in [0.2, 0.25) is 0 Å². The first-order valence-corrected chi connectivity index (χ1v) is 7.10. The number of esters is 1. The van der Waals surface area contributed by atoms with Crippen molar-refractivity contribution < 1.29 is 14.3 Å². The van der Waals surface area contributed by atoms with Crippen molar-refractivity contribution in [2.24, 2.45) is 0 Å². The molecule has 0 aromatic heterocycles. The number of urea groups is 1. The van der Waals surface area contributed by atoms with Crippen LogP contribution in [0.3, 0.4) is 0 Å². The van der Waals surface area contributed by atoms with Gasteiger partial charge in [0, 0.05) is 31.9 Å². The lowest BCUT2D eigenvalue weighted by Crippen LogP contribution is -2.49. The molecule has 1 aliphatic rings. The number of likely N-dealkylation sites (N-methyl/N-ethyl adjacent to an activating group) is 1. The van der Waals surface area contributed by atoms with Crippen molar-refractivity contribution in [1.29, 1.82) is 0 Å². The number of amides is 2. The molecule has 0 atom stereocenters. The van der Waals surface area contributed by atoms with Crippen LogP contribution >= 0.6 is 0 Å². The number of rotatable bonds is 3. The SMILES string of the molecule is CCN1CCN(C(=O)Nc2cccc(C(=O)OC)c2)CC1. The molecule has 6 nitrogen and oxygen atoms in total. The van der Waals surface area contributed by atoms with Crippen LogP contribution in [-0.4, -0.2) is 61.6 Å². The summed E-state index contributed by atoms with van der Waals surface area (Å²) in [6.07, 6.45) is 0. The Balaban J connectivity index is 1.95. The first-order chi connectivity index (χ1) is 10.1. The van der Waals surface area contributed by atoms with Gasteiger partial charge in [-0.25, -0.2) is 9.59 Å². The van der Waals surface area contributed by atoms with Crippen molar-refractivity contribution in [3.63, 3.8) is 0 Å². The standard InChI is InChI=1S/C15H21N3O3/c1-3-17-7-9-18(10-8-17)15(20)16-13-6-4-5-12(11-13)14(19)21-2/h4-6,11H,3,7-10H2,1-2H3,(H,16,20). The topological polar surface area (TPSA) is 61.9 Å². The first-order valence-electron chi connectivity index (χ1n) is 7.10. The predicted molar refractivity (Wildman–Crippen MR) is 80.5 cm³/mol. The Morgan fingerprint density at radius 3 is 2.57 bits per heavy atom. The van der Waals surface area contributed by atoms with E-state index in [-0.39, 0.29) is 6.03 Å².